The first-order chi connectivity index (χ1) is 15.6. The summed E-state index contributed by atoms with van der Waals surface area (Å²) >= 11 is 0. The number of ether oxygens (including phenoxy) is 4. The van der Waals surface area contributed by atoms with Crippen LogP contribution in [0.1, 0.15) is 28.4 Å². The van der Waals surface area contributed by atoms with Gasteiger partial charge in [0.15, 0.2) is 0 Å². The van der Waals surface area contributed by atoms with E-state index in [-0.39, 0.29) is 12.7 Å². The number of pyridine rings is 1. The van der Waals surface area contributed by atoms with Gasteiger partial charge in [-0.3, -0.25) is 0 Å². The summed E-state index contributed by atoms with van der Waals surface area (Å²) in [6.07, 6.45) is 2.60. The molecule has 0 amide bonds. The van der Waals surface area contributed by atoms with Crippen molar-refractivity contribution in [3.05, 3.63) is 47.2 Å². The molecule has 2 N–H and O–H groups in total. The highest BCUT2D eigenvalue weighted by atomic mass is 16.5. The van der Waals surface area contributed by atoms with Gasteiger partial charge in [0.1, 0.15) is 17.1 Å². The standard InChI is InChI=1S/C23H30N4O5/c1-4-31-23(28)20-13-26-22(25-12-16-5-7-17(30-3)8-6-16)19(11-24)21(20)27-9-10-32-18(14-27)15-29-2/h5-8,11,13,18,24H,4,9-10,12,14-15H2,1-3H3,(H,25,26). The molecule has 1 unspecified atom stereocenters. The minimum Gasteiger partial charge on any atom is -0.497 e. The molecule has 3 rings (SSSR count). The van der Waals surface area contributed by atoms with Gasteiger partial charge in [0, 0.05) is 39.2 Å². The lowest BCUT2D eigenvalue weighted by atomic mass is 10.1. The Balaban J connectivity index is 1.93. The average Bonchev–Trinajstić information content (AvgIpc) is 2.83. The lowest BCUT2D eigenvalue weighted by molar-refractivity contribution is -0.0101. The number of morpholine rings is 1. The predicted octanol–water partition coefficient (Wildman–Crippen LogP) is 2.73. The van der Waals surface area contributed by atoms with E-state index >= 15 is 0 Å². The second kappa shape index (κ2) is 11.4. The summed E-state index contributed by atoms with van der Waals surface area (Å²) in [5, 5.41) is 11.4. The molecule has 1 saturated heterocycles. The fraction of sp³-hybridized carbons (Fsp3) is 0.435. The number of nitrogens with zero attached hydrogens (tertiary/aromatic N) is 2. The number of carbonyl (C=O) groups excluding carboxylic acids is 1. The molecular formula is C23H30N4O5. The smallest absolute Gasteiger partial charge is 0.341 e. The van der Waals surface area contributed by atoms with Crippen LogP contribution < -0.4 is 15.0 Å². The monoisotopic (exact) mass is 442 g/mol. The van der Waals surface area contributed by atoms with Crippen molar-refractivity contribution in [2.75, 3.05) is 57.3 Å². The van der Waals surface area contributed by atoms with Crippen LogP contribution in [0.5, 0.6) is 5.75 Å². The van der Waals surface area contributed by atoms with Crippen LogP contribution in [0.3, 0.4) is 0 Å². The van der Waals surface area contributed by atoms with E-state index in [2.05, 4.69) is 10.3 Å². The maximum absolute atomic E-state index is 12.7. The highest BCUT2D eigenvalue weighted by molar-refractivity contribution is 6.03. The number of nitrogens with one attached hydrogen (secondary N) is 2. The third kappa shape index (κ3) is 5.54. The van der Waals surface area contributed by atoms with E-state index in [1.807, 2.05) is 29.2 Å². The minimum atomic E-state index is -0.463. The van der Waals surface area contributed by atoms with Gasteiger partial charge in [-0.1, -0.05) is 12.1 Å². The van der Waals surface area contributed by atoms with Gasteiger partial charge in [-0.25, -0.2) is 9.78 Å². The van der Waals surface area contributed by atoms with Crippen molar-refractivity contribution >= 4 is 23.7 Å². The van der Waals surface area contributed by atoms with Gasteiger partial charge in [-0.15, -0.1) is 0 Å². The summed E-state index contributed by atoms with van der Waals surface area (Å²) in [7, 11) is 3.26. The number of methoxy groups -OCH3 is 2. The molecule has 1 aliphatic rings. The number of esters is 1. The van der Waals surface area contributed by atoms with E-state index < -0.39 is 5.97 Å². The van der Waals surface area contributed by atoms with E-state index in [1.165, 1.54) is 12.4 Å². The van der Waals surface area contributed by atoms with E-state index in [4.69, 9.17) is 24.4 Å². The van der Waals surface area contributed by atoms with Crippen LogP contribution in [0.15, 0.2) is 30.5 Å². The first-order valence-corrected chi connectivity index (χ1v) is 10.5. The van der Waals surface area contributed by atoms with Gasteiger partial charge in [0.05, 0.1) is 44.3 Å². The largest absolute Gasteiger partial charge is 0.497 e. The van der Waals surface area contributed by atoms with Gasteiger partial charge >= 0.3 is 5.97 Å². The molecule has 1 aliphatic heterocycles. The van der Waals surface area contributed by atoms with Gasteiger partial charge < -0.3 is 34.6 Å². The molecule has 172 valence electrons. The number of carbonyl (C=O) groups is 1. The molecule has 0 bridgehead atoms. The average molecular weight is 443 g/mol. The summed E-state index contributed by atoms with van der Waals surface area (Å²) in [6, 6.07) is 7.70. The van der Waals surface area contributed by atoms with Crippen LogP contribution in [-0.4, -0.2) is 70.4 Å². The van der Waals surface area contributed by atoms with Gasteiger partial charge in [0.25, 0.3) is 0 Å². The Bertz CT molecular complexity index is 917. The zero-order chi connectivity index (χ0) is 22.9. The predicted molar refractivity (Wildman–Crippen MR) is 122 cm³/mol. The molecule has 2 heterocycles. The normalized spacial score (nSPS) is 15.8. The SMILES string of the molecule is CCOC(=O)c1cnc(NCc2ccc(OC)cc2)c(C=N)c1N1CCOC(COC)C1. The second-order valence-electron chi connectivity index (χ2n) is 7.24. The number of aromatic nitrogens is 1. The van der Waals surface area contributed by atoms with Gasteiger partial charge in [0.2, 0.25) is 0 Å². The van der Waals surface area contributed by atoms with Crippen LogP contribution in [-0.2, 0) is 20.8 Å². The first kappa shape index (κ1) is 23.5. The first-order valence-electron chi connectivity index (χ1n) is 10.5. The van der Waals surface area contributed by atoms with Crippen molar-refractivity contribution in [1.29, 1.82) is 5.41 Å². The maximum atomic E-state index is 12.7. The number of rotatable bonds is 10. The molecule has 0 spiro atoms. The highest BCUT2D eigenvalue weighted by Gasteiger charge is 2.28. The zero-order valence-electron chi connectivity index (χ0n) is 18.7. The molecule has 2 aromatic rings. The van der Waals surface area contributed by atoms with Crippen molar-refractivity contribution in [1.82, 2.24) is 4.98 Å². The minimum absolute atomic E-state index is 0.133. The Morgan fingerprint density at radius 2 is 2.12 bits per heavy atom. The van der Waals surface area contributed by atoms with Crippen molar-refractivity contribution in [3.8, 4) is 5.75 Å². The molecule has 0 radical (unpaired) electrons. The number of anilines is 2. The Morgan fingerprint density at radius 1 is 1.34 bits per heavy atom. The lowest BCUT2D eigenvalue weighted by Gasteiger charge is -2.36. The molecule has 0 saturated carbocycles. The van der Waals surface area contributed by atoms with Gasteiger partial charge in [-0.2, -0.15) is 0 Å². The van der Waals surface area contributed by atoms with Crippen LogP contribution in [0.25, 0.3) is 0 Å². The summed E-state index contributed by atoms with van der Waals surface area (Å²) in [5.74, 6) is 0.842. The quantitative estimate of drug-likeness (QED) is 0.427. The third-order valence-corrected chi connectivity index (χ3v) is 5.15. The number of hydrogen-bond donors (Lipinski definition) is 2. The fourth-order valence-corrected chi connectivity index (χ4v) is 3.63. The van der Waals surface area contributed by atoms with Crippen LogP contribution in [0, 0.1) is 5.41 Å². The van der Waals surface area contributed by atoms with E-state index in [9.17, 15) is 4.79 Å². The molecule has 0 aliphatic carbocycles. The second-order valence-corrected chi connectivity index (χ2v) is 7.24. The Hall–Kier alpha value is -3.17. The van der Waals surface area contributed by atoms with E-state index in [1.54, 1.807) is 21.1 Å². The van der Waals surface area contributed by atoms with Crippen molar-refractivity contribution < 1.29 is 23.7 Å². The molecule has 1 aromatic heterocycles. The summed E-state index contributed by atoms with van der Waals surface area (Å²) in [5.41, 5.74) is 2.52. The van der Waals surface area contributed by atoms with E-state index in [0.29, 0.717) is 55.5 Å². The molecule has 1 fully saturated rings. The molecule has 1 aromatic carbocycles. The number of benzene rings is 1. The highest BCUT2D eigenvalue weighted by Crippen LogP contribution is 2.31. The zero-order valence-corrected chi connectivity index (χ0v) is 18.7. The molecule has 1 atom stereocenters. The molecular weight excluding hydrogens is 412 g/mol. The Morgan fingerprint density at radius 3 is 2.78 bits per heavy atom. The van der Waals surface area contributed by atoms with Gasteiger partial charge in [-0.05, 0) is 24.6 Å². The Kier molecular flexibility index (Phi) is 8.41. The van der Waals surface area contributed by atoms with Crippen molar-refractivity contribution in [3.63, 3.8) is 0 Å². The molecule has 9 heteroatoms. The number of hydrogen-bond acceptors (Lipinski definition) is 9. The summed E-state index contributed by atoms with van der Waals surface area (Å²) < 4.78 is 21.5. The lowest BCUT2D eigenvalue weighted by Crippen LogP contribution is -2.45. The Labute approximate surface area is 188 Å². The molecule has 9 nitrogen and oxygen atoms in total. The molecule has 32 heavy (non-hydrogen) atoms. The van der Waals surface area contributed by atoms with Crippen LogP contribution >= 0.6 is 0 Å². The topological polar surface area (TPSA) is 106 Å². The fourth-order valence-electron chi connectivity index (χ4n) is 3.63. The summed E-state index contributed by atoms with van der Waals surface area (Å²) in [6.45, 7) is 4.56. The summed E-state index contributed by atoms with van der Waals surface area (Å²) in [4.78, 5) is 19.2. The van der Waals surface area contributed by atoms with E-state index in [0.717, 1.165) is 11.3 Å². The van der Waals surface area contributed by atoms with Crippen LogP contribution in [0.4, 0.5) is 11.5 Å². The van der Waals surface area contributed by atoms with Crippen molar-refractivity contribution in [2.45, 2.75) is 19.6 Å². The third-order valence-electron chi connectivity index (χ3n) is 5.15. The van der Waals surface area contributed by atoms with Crippen LogP contribution in [0.2, 0.25) is 0 Å². The maximum Gasteiger partial charge on any atom is 0.341 e. The van der Waals surface area contributed by atoms with Crippen molar-refractivity contribution in [2.24, 2.45) is 0 Å².